The van der Waals surface area contributed by atoms with Gasteiger partial charge in [-0.15, -0.1) is 11.3 Å². The molecule has 0 spiro atoms. The summed E-state index contributed by atoms with van der Waals surface area (Å²) in [6.07, 6.45) is 3.96. The minimum Gasteiger partial charge on any atom is -0.839 e. The smallest absolute Gasteiger partial charge is 0.384 e. The van der Waals surface area contributed by atoms with Crippen molar-refractivity contribution in [1.29, 1.82) is 5.41 Å². The number of imidazole rings is 1. The van der Waals surface area contributed by atoms with Gasteiger partial charge >= 0.3 is 11.8 Å². The van der Waals surface area contributed by atoms with Crippen molar-refractivity contribution in [3.63, 3.8) is 0 Å². The topological polar surface area (TPSA) is 112 Å². The number of carbonyl (C=O) groups excluding carboxylic acids is 2. The molecule has 8 nitrogen and oxygen atoms in total. The maximum atomic E-state index is 12.8. The Kier molecular flexibility index (Phi) is 4.99. The van der Waals surface area contributed by atoms with Crippen LogP contribution in [0.2, 0.25) is 4.47 Å². The summed E-state index contributed by atoms with van der Waals surface area (Å²) in [6, 6.07) is 5.02. The number of ether oxygens (including phenoxy) is 1. The maximum Gasteiger partial charge on any atom is 0.384 e. The zero-order chi connectivity index (χ0) is 19.8. The van der Waals surface area contributed by atoms with Crippen LogP contribution in [0, 0.1) is 5.41 Å². The van der Waals surface area contributed by atoms with Crippen molar-refractivity contribution in [1.82, 2.24) is 9.55 Å². The van der Waals surface area contributed by atoms with Crippen LogP contribution in [0.5, 0.6) is 5.88 Å². The highest BCUT2D eigenvalue weighted by Crippen LogP contribution is 2.23. The van der Waals surface area contributed by atoms with Crippen molar-refractivity contribution in [3.05, 3.63) is 45.6 Å². The Balaban J connectivity index is 2.09. The number of aromatic nitrogens is 3. The standard InChI is InChI=1S/C17H15ClN4O4S/c1-17(2,9-19)26-15(25)13(23)12-14(24)21-6-4-3-5-11(21)22(12)8-10-7-20-16(18)27-10/h3-7,9,19H,8H2,1-2H3. The minimum absolute atomic E-state index is 0.141. The van der Waals surface area contributed by atoms with E-state index in [1.165, 1.54) is 40.3 Å². The molecular weight excluding hydrogens is 392 g/mol. The van der Waals surface area contributed by atoms with Crippen molar-refractivity contribution >= 4 is 46.6 Å². The van der Waals surface area contributed by atoms with Crippen molar-refractivity contribution in [2.75, 3.05) is 0 Å². The molecule has 0 aliphatic carbocycles. The number of halogens is 1. The summed E-state index contributed by atoms with van der Waals surface area (Å²) in [4.78, 5) is 29.7. The summed E-state index contributed by atoms with van der Waals surface area (Å²) in [5.41, 5.74) is -1.14. The molecule has 1 N–H and O–H groups in total. The van der Waals surface area contributed by atoms with Crippen LogP contribution in [0.25, 0.3) is 5.65 Å². The molecule has 3 aromatic rings. The van der Waals surface area contributed by atoms with Crippen molar-refractivity contribution in [2.24, 2.45) is 0 Å². The van der Waals surface area contributed by atoms with E-state index in [9.17, 15) is 14.7 Å². The highest BCUT2D eigenvalue weighted by atomic mass is 35.5. The highest BCUT2D eigenvalue weighted by molar-refractivity contribution is 7.15. The lowest BCUT2D eigenvalue weighted by Crippen LogP contribution is -2.34. The van der Waals surface area contributed by atoms with E-state index >= 15 is 0 Å². The van der Waals surface area contributed by atoms with E-state index in [2.05, 4.69) is 4.98 Å². The number of nitrogens with zero attached hydrogens (tertiary/aromatic N) is 3. The van der Waals surface area contributed by atoms with Crippen LogP contribution < -0.4 is 9.51 Å². The van der Waals surface area contributed by atoms with E-state index in [4.69, 9.17) is 21.7 Å². The van der Waals surface area contributed by atoms with Crippen LogP contribution >= 0.6 is 22.9 Å². The monoisotopic (exact) mass is 406 g/mol. The summed E-state index contributed by atoms with van der Waals surface area (Å²) in [5.74, 6) is -2.90. The van der Waals surface area contributed by atoms with E-state index in [1.807, 2.05) is 0 Å². The van der Waals surface area contributed by atoms with Gasteiger partial charge in [0.2, 0.25) is 5.69 Å². The first-order valence-corrected chi connectivity index (χ1v) is 9.02. The Hall–Kier alpha value is -2.78. The molecule has 0 amide bonds. The van der Waals surface area contributed by atoms with Gasteiger partial charge in [-0.3, -0.25) is 4.79 Å². The van der Waals surface area contributed by atoms with Gasteiger partial charge < -0.3 is 15.3 Å². The quantitative estimate of drug-likeness (QED) is 0.220. The Bertz CT molecular complexity index is 1060. The first kappa shape index (κ1) is 19.0. The third-order valence-corrected chi connectivity index (χ3v) is 4.85. The second-order valence-corrected chi connectivity index (χ2v) is 7.91. The van der Waals surface area contributed by atoms with Gasteiger partial charge in [0.25, 0.3) is 5.65 Å². The number of carbonyl (C=O) groups is 2. The van der Waals surface area contributed by atoms with Crippen LogP contribution in [0.1, 0.15) is 29.2 Å². The fourth-order valence-corrected chi connectivity index (χ4v) is 3.44. The Morgan fingerprint density at radius 1 is 1.48 bits per heavy atom. The highest BCUT2D eigenvalue weighted by Gasteiger charge is 2.34. The number of rotatable bonds is 6. The average Bonchev–Trinajstić information content (AvgIpc) is 3.16. The minimum atomic E-state index is -1.26. The molecule has 0 saturated carbocycles. The van der Waals surface area contributed by atoms with Gasteiger partial charge in [0.1, 0.15) is 18.0 Å². The van der Waals surface area contributed by atoms with Gasteiger partial charge in [0.05, 0.1) is 11.1 Å². The van der Waals surface area contributed by atoms with E-state index in [-0.39, 0.29) is 12.2 Å². The second kappa shape index (κ2) is 7.09. The molecule has 0 atom stereocenters. The number of nitrogens with one attached hydrogen (secondary N) is 1. The number of fused-ring (bicyclic) bond motifs is 1. The number of hydrogen-bond donors (Lipinski definition) is 1. The molecule has 10 heteroatoms. The van der Waals surface area contributed by atoms with Crippen molar-refractivity contribution in [2.45, 2.75) is 26.0 Å². The van der Waals surface area contributed by atoms with Crippen LogP contribution in [0.3, 0.4) is 0 Å². The molecule has 0 fully saturated rings. The van der Waals surface area contributed by atoms with E-state index < -0.39 is 23.2 Å². The molecular formula is C17H15ClN4O4S. The number of hydrogen-bond acceptors (Lipinski definition) is 7. The van der Waals surface area contributed by atoms with Crippen LogP contribution in [-0.2, 0) is 16.1 Å². The molecule has 0 aromatic carbocycles. The molecule has 140 valence electrons. The molecule has 0 radical (unpaired) electrons. The number of esters is 1. The molecule has 3 rings (SSSR count). The van der Waals surface area contributed by atoms with E-state index in [1.54, 1.807) is 24.4 Å². The molecule has 27 heavy (non-hydrogen) atoms. The summed E-state index contributed by atoms with van der Waals surface area (Å²) >= 11 is 7.07. The van der Waals surface area contributed by atoms with Crippen molar-refractivity contribution < 1.29 is 23.8 Å². The lowest BCUT2D eigenvalue weighted by Gasteiger charge is -2.18. The molecule has 0 bridgehead atoms. The average molecular weight is 407 g/mol. The second-order valence-electron chi connectivity index (χ2n) is 6.21. The third-order valence-electron chi connectivity index (χ3n) is 3.75. The predicted molar refractivity (Wildman–Crippen MR) is 96.5 cm³/mol. The molecule has 3 heterocycles. The number of thiazole rings is 1. The largest absolute Gasteiger partial charge is 0.839 e. The summed E-state index contributed by atoms with van der Waals surface area (Å²) in [7, 11) is 0. The fourth-order valence-electron chi connectivity index (χ4n) is 2.47. The third kappa shape index (κ3) is 3.69. The van der Waals surface area contributed by atoms with Crippen LogP contribution in [-0.4, -0.2) is 33.1 Å². The van der Waals surface area contributed by atoms with Crippen LogP contribution in [0.4, 0.5) is 0 Å². The number of pyridine rings is 1. The summed E-state index contributed by atoms with van der Waals surface area (Å²) < 4.78 is 8.09. The van der Waals surface area contributed by atoms with Gasteiger partial charge in [-0.1, -0.05) is 17.7 Å². The van der Waals surface area contributed by atoms with Gasteiger partial charge in [-0.2, -0.15) is 0 Å². The van der Waals surface area contributed by atoms with Gasteiger partial charge in [0.15, 0.2) is 4.47 Å². The maximum absolute atomic E-state index is 12.8. The lowest BCUT2D eigenvalue weighted by molar-refractivity contribution is -0.582. The van der Waals surface area contributed by atoms with E-state index in [0.29, 0.717) is 15.0 Å². The van der Waals surface area contributed by atoms with Gasteiger partial charge in [-0.05, 0) is 19.9 Å². The zero-order valence-electron chi connectivity index (χ0n) is 14.4. The first-order valence-electron chi connectivity index (χ1n) is 7.83. The zero-order valence-corrected chi connectivity index (χ0v) is 16.0. The molecule has 0 aliphatic rings. The SMILES string of the molecule is CC(C)(C=N)OC(=O)C(=O)c1c([O-])[n+]2ccccc2n1Cc1cnc(Cl)s1. The van der Waals surface area contributed by atoms with E-state index in [0.717, 1.165) is 6.21 Å². The van der Waals surface area contributed by atoms with Crippen LogP contribution in [0.15, 0.2) is 30.6 Å². The number of ketones is 1. The van der Waals surface area contributed by atoms with Crippen molar-refractivity contribution in [3.8, 4) is 5.88 Å². The Morgan fingerprint density at radius 2 is 2.22 bits per heavy atom. The predicted octanol–water partition coefficient (Wildman–Crippen LogP) is 1.61. The Labute approximate surface area is 163 Å². The summed E-state index contributed by atoms with van der Waals surface area (Å²) in [6.45, 7) is 3.07. The lowest BCUT2D eigenvalue weighted by atomic mass is 10.1. The fraction of sp³-hybridized carbons (Fsp3) is 0.235. The van der Waals surface area contributed by atoms with Gasteiger partial charge in [0, 0.05) is 18.5 Å². The first-order chi connectivity index (χ1) is 12.7. The van der Waals surface area contributed by atoms with Gasteiger partial charge in [-0.25, -0.2) is 18.7 Å². The normalized spacial score (nSPS) is 11.5. The summed E-state index contributed by atoms with van der Waals surface area (Å²) in [5, 5.41) is 20.0. The Morgan fingerprint density at radius 3 is 2.85 bits per heavy atom. The molecule has 0 aliphatic heterocycles. The molecule has 0 unspecified atom stereocenters. The number of Topliss-reactive ketones (excluding diaryl/α,β-unsaturated/α-hetero) is 1. The molecule has 0 saturated heterocycles. The molecule has 3 aromatic heterocycles.